The Kier molecular flexibility index (Phi) is 7.04. The fourth-order valence-corrected chi connectivity index (χ4v) is 5.09. The molecule has 1 N–H and O–H groups in total. The molecule has 3 aromatic carbocycles. The quantitative estimate of drug-likeness (QED) is 0.275. The van der Waals surface area contributed by atoms with Gasteiger partial charge in [-0.25, -0.2) is 13.2 Å². The van der Waals surface area contributed by atoms with Crippen LogP contribution in [0.4, 0.5) is 17.6 Å². The third-order valence-corrected chi connectivity index (χ3v) is 7.42. The van der Waals surface area contributed by atoms with Crippen LogP contribution in [0.25, 0.3) is 11.1 Å². The van der Waals surface area contributed by atoms with Gasteiger partial charge in [-0.15, -0.1) is 0 Å². The average Bonchev–Trinajstić information content (AvgIpc) is 3.72. The van der Waals surface area contributed by atoms with E-state index in [2.05, 4.69) is 0 Å². The molecule has 0 spiro atoms. The second-order valence-corrected chi connectivity index (χ2v) is 9.77. The maximum atomic E-state index is 14.8. The molecule has 0 bridgehead atoms. The van der Waals surface area contributed by atoms with Gasteiger partial charge >= 0.3 is 0 Å². The monoisotopic (exact) mass is 500 g/mol. The molecule has 2 atom stereocenters. The summed E-state index contributed by atoms with van der Waals surface area (Å²) >= 11 is 0. The molecule has 0 amide bonds. The fourth-order valence-electron chi connectivity index (χ4n) is 5.09. The van der Waals surface area contributed by atoms with E-state index in [-0.39, 0.29) is 47.5 Å². The van der Waals surface area contributed by atoms with Gasteiger partial charge in [-0.1, -0.05) is 42.5 Å². The lowest BCUT2D eigenvalue weighted by Crippen LogP contribution is -2.23. The van der Waals surface area contributed by atoms with Crippen LogP contribution in [0, 0.1) is 29.2 Å². The molecular formula is C29H28F4O3. The zero-order chi connectivity index (χ0) is 25.4. The lowest BCUT2D eigenvalue weighted by molar-refractivity contribution is 0.0963. The van der Waals surface area contributed by atoms with Gasteiger partial charge in [0.1, 0.15) is 12.7 Å². The van der Waals surface area contributed by atoms with E-state index in [4.69, 9.17) is 9.47 Å². The van der Waals surface area contributed by atoms with Crippen LogP contribution >= 0.6 is 0 Å². The second-order valence-electron chi connectivity index (χ2n) is 9.77. The molecule has 2 aliphatic rings. The summed E-state index contributed by atoms with van der Waals surface area (Å²) in [6.45, 7) is 2.15. The maximum Gasteiger partial charge on any atom is 0.200 e. The topological polar surface area (TPSA) is 42.0 Å². The summed E-state index contributed by atoms with van der Waals surface area (Å²) in [6, 6.07) is 12.7. The van der Waals surface area contributed by atoms with Gasteiger partial charge in [-0.2, -0.15) is 4.39 Å². The summed E-state index contributed by atoms with van der Waals surface area (Å²) in [5.41, 5.74) is 1.86. The maximum absolute atomic E-state index is 14.8. The molecule has 5 rings (SSSR count). The van der Waals surface area contributed by atoms with Gasteiger partial charge in [0.25, 0.3) is 0 Å². The highest BCUT2D eigenvalue weighted by molar-refractivity contribution is 5.65. The lowest BCUT2D eigenvalue weighted by atomic mass is 9.77. The molecular weight excluding hydrogens is 472 g/mol. The van der Waals surface area contributed by atoms with Crippen molar-refractivity contribution < 1.29 is 32.1 Å². The van der Waals surface area contributed by atoms with E-state index in [0.29, 0.717) is 36.1 Å². The summed E-state index contributed by atoms with van der Waals surface area (Å²) in [6.07, 6.45) is 2.22. The first kappa shape index (κ1) is 24.8. The Morgan fingerprint density at radius 2 is 1.47 bits per heavy atom. The van der Waals surface area contributed by atoms with Crippen molar-refractivity contribution in [2.45, 2.75) is 57.3 Å². The average molecular weight is 501 g/mol. The van der Waals surface area contributed by atoms with E-state index in [0.717, 1.165) is 12.8 Å². The standard InChI is InChI=1S/C29H28F4O3/c1-16(34)18-6-8-20(9-7-18)22-12-13-24(29(33)27(22)31)35-14-17-2-4-19(5-3-17)21-10-11-23(25-15-36-25)28(32)26(21)30/h2-5,10-13,16,18,20,25,34H,6-9,14-15H2,1H3. The lowest BCUT2D eigenvalue weighted by Gasteiger charge is -2.30. The number of hydrogen-bond donors (Lipinski definition) is 1. The number of benzene rings is 3. The first-order valence-corrected chi connectivity index (χ1v) is 12.3. The van der Waals surface area contributed by atoms with Crippen molar-refractivity contribution in [3.8, 4) is 16.9 Å². The van der Waals surface area contributed by atoms with Crippen LogP contribution in [-0.2, 0) is 11.3 Å². The number of rotatable bonds is 7. The van der Waals surface area contributed by atoms with E-state index < -0.39 is 23.3 Å². The highest BCUT2D eigenvalue weighted by Crippen LogP contribution is 2.40. The summed E-state index contributed by atoms with van der Waals surface area (Å²) in [5.74, 6) is -3.78. The van der Waals surface area contributed by atoms with Gasteiger partial charge in [0.2, 0.25) is 5.82 Å². The highest BCUT2D eigenvalue weighted by Gasteiger charge is 2.30. The number of aliphatic hydroxyl groups excluding tert-OH is 1. The van der Waals surface area contributed by atoms with E-state index in [9.17, 15) is 22.7 Å². The van der Waals surface area contributed by atoms with Crippen LogP contribution in [0.1, 0.15) is 61.3 Å². The van der Waals surface area contributed by atoms with Crippen molar-refractivity contribution >= 4 is 0 Å². The largest absolute Gasteiger partial charge is 0.486 e. The van der Waals surface area contributed by atoms with Crippen molar-refractivity contribution in [1.82, 2.24) is 0 Å². The predicted molar refractivity (Wildman–Crippen MR) is 128 cm³/mol. The first-order valence-electron chi connectivity index (χ1n) is 12.3. The zero-order valence-electron chi connectivity index (χ0n) is 19.9. The second kappa shape index (κ2) is 10.2. The molecule has 1 aliphatic heterocycles. The SMILES string of the molecule is CC(O)C1CCC(c2ccc(OCc3ccc(-c4ccc(C5CO5)c(F)c4F)cc3)c(F)c2F)CC1. The van der Waals surface area contributed by atoms with Gasteiger partial charge in [0, 0.05) is 11.1 Å². The molecule has 2 unspecified atom stereocenters. The van der Waals surface area contributed by atoms with Crippen molar-refractivity contribution in [1.29, 1.82) is 0 Å². The molecule has 1 saturated heterocycles. The minimum absolute atomic E-state index is 0.00964. The number of halogens is 4. The van der Waals surface area contributed by atoms with Crippen LogP contribution in [0.15, 0.2) is 48.5 Å². The van der Waals surface area contributed by atoms with Crippen molar-refractivity contribution in [2.24, 2.45) is 5.92 Å². The summed E-state index contributed by atoms with van der Waals surface area (Å²) in [5, 5.41) is 9.76. The number of ether oxygens (including phenoxy) is 2. The fraction of sp³-hybridized carbons (Fsp3) is 0.379. The molecule has 0 radical (unpaired) electrons. The minimum atomic E-state index is -1.01. The minimum Gasteiger partial charge on any atom is -0.486 e. The Labute approximate surface area is 207 Å². The molecule has 1 aliphatic carbocycles. The normalized spacial score (nSPS) is 22.3. The number of hydrogen-bond acceptors (Lipinski definition) is 3. The van der Waals surface area contributed by atoms with Gasteiger partial charge in [-0.3, -0.25) is 0 Å². The molecule has 36 heavy (non-hydrogen) atoms. The first-order chi connectivity index (χ1) is 17.3. The summed E-state index contributed by atoms with van der Waals surface area (Å²) < 4.78 is 69.1. The molecule has 1 saturated carbocycles. The number of aliphatic hydroxyl groups is 1. The molecule has 0 aromatic heterocycles. The van der Waals surface area contributed by atoms with Gasteiger partial charge in [0.05, 0.1) is 12.7 Å². The Balaban J connectivity index is 1.24. The Morgan fingerprint density at radius 3 is 2.11 bits per heavy atom. The summed E-state index contributed by atoms with van der Waals surface area (Å²) in [7, 11) is 0. The molecule has 190 valence electrons. The highest BCUT2D eigenvalue weighted by atomic mass is 19.2. The van der Waals surface area contributed by atoms with Crippen LogP contribution in [0.5, 0.6) is 5.75 Å². The smallest absolute Gasteiger partial charge is 0.200 e. The molecule has 3 aromatic rings. The van der Waals surface area contributed by atoms with Crippen LogP contribution in [0.2, 0.25) is 0 Å². The van der Waals surface area contributed by atoms with E-state index in [1.54, 1.807) is 37.3 Å². The van der Waals surface area contributed by atoms with Crippen molar-refractivity contribution in [3.63, 3.8) is 0 Å². The molecule has 3 nitrogen and oxygen atoms in total. The van der Waals surface area contributed by atoms with Gasteiger partial charge in [0.15, 0.2) is 23.2 Å². The Morgan fingerprint density at radius 1 is 0.833 bits per heavy atom. The molecule has 2 fully saturated rings. The van der Waals surface area contributed by atoms with Crippen LogP contribution in [0.3, 0.4) is 0 Å². The third-order valence-electron chi connectivity index (χ3n) is 7.42. The van der Waals surface area contributed by atoms with Crippen LogP contribution < -0.4 is 4.74 Å². The van der Waals surface area contributed by atoms with E-state index in [1.807, 2.05) is 0 Å². The Hall–Kier alpha value is -2.90. The van der Waals surface area contributed by atoms with E-state index in [1.165, 1.54) is 18.2 Å². The molecule has 1 heterocycles. The van der Waals surface area contributed by atoms with E-state index >= 15 is 0 Å². The van der Waals surface area contributed by atoms with Gasteiger partial charge < -0.3 is 14.6 Å². The Bertz CT molecular complexity index is 1230. The third kappa shape index (κ3) is 5.00. The summed E-state index contributed by atoms with van der Waals surface area (Å²) in [4.78, 5) is 0. The van der Waals surface area contributed by atoms with Crippen molar-refractivity contribution in [2.75, 3.05) is 6.61 Å². The van der Waals surface area contributed by atoms with Gasteiger partial charge in [-0.05, 0) is 67.2 Å². The van der Waals surface area contributed by atoms with Crippen molar-refractivity contribution in [3.05, 3.63) is 88.5 Å². The zero-order valence-corrected chi connectivity index (χ0v) is 19.9. The molecule has 7 heteroatoms. The van der Waals surface area contributed by atoms with Crippen LogP contribution in [-0.4, -0.2) is 17.8 Å². The number of epoxide rings is 1. The predicted octanol–water partition coefficient (Wildman–Crippen LogP) is 7.21.